The average Bonchev–Trinajstić information content (AvgIpc) is 2.97. The summed E-state index contributed by atoms with van der Waals surface area (Å²) in [6, 6.07) is 0. The minimum atomic E-state index is 0.121. The number of carbonyl (C=O) groups is 1. The number of carbonyl (C=O) groups excluding carboxylic acids is 1. The van der Waals surface area contributed by atoms with Crippen molar-refractivity contribution in [2.24, 2.45) is 5.73 Å². The van der Waals surface area contributed by atoms with E-state index in [4.69, 9.17) is 10.5 Å². The predicted octanol–water partition coefficient (Wildman–Crippen LogP) is 2.07. The van der Waals surface area contributed by atoms with Crippen LogP contribution in [0.2, 0.25) is 0 Å². The first-order valence-electron chi connectivity index (χ1n) is 7.80. The maximum atomic E-state index is 12.4. The lowest BCUT2D eigenvalue weighted by Gasteiger charge is -2.31. The number of nitrogens with zero attached hydrogens (tertiary/aromatic N) is 2. The number of nitrogens with two attached hydrogens (primary N) is 1. The maximum Gasteiger partial charge on any atom is 0.265 e. The van der Waals surface area contributed by atoms with Crippen molar-refractivity contribution in [1.29, 1.82) is 0 Å². The summed E-state index contributed by atoms with van der Waals surface area (Å²) in [4.78, 5) is 19.4. The molecule has 1 aliphatic rings. The van der Waals surface area contributed by atoms with Gasteiger partial charge in [0.05, 0.1) is 17.3 Å². The number of piperidine rings is 1. The minimum absolute atomic E-state index is 0.121. The van der Waals surface area contributed by atoms with Gasteiger partial charge in [-0.25, -0.2) is 4.98 Å². The zero-order valence-electron chi connectivity index (χ0n) is 12.7. The van der Waals surface area contributed by atoms with E-state index >= 15 is 0 Å². The predicted molar refractivity (Wildman–Crippen MR) is 84.7 cm³/mol. The first-order chi connectivity index (χ1) is 10.2. The van der Waals surface area contributed by atoms with Crippen LogP contribution in [0.25, 0.3) is 0 Å². The van der Waals surface area contributed by atoms with Gasteiger partial charge in [0.15, 0.2) is 0 Å². The van der Waals surface area contributed by atoms with Crippen LogP contribution in [0.1, 0.15) is 47.3 Å². The van der Waals surface area contributed by atoms with E-state index in [0.29, 0.717) is 6.54 Å². The number of hydrogen-bond acceptors (Lipinski definition) is 5. The molecule has 118 valence electrons. The number of amides is 1. The lowest BCUT2D eigenvalue weighted by atomic mass is 10.1. The second-order valence-corrected chi connectivity index (χ2v) is 6.49. The SMILES string of the molecule is CCCc1ncc(C(=O)N2CCC(OCCCN)CC2)s1. The lowest BCUT2D eigenvalue weighted by molar-refractivity contribution is 0.00857. The molecule has 0 aromatic carbocycles. The highest BCUT2D eigenvalue weighted by atomic mass is 32.1. The summed E-state index contributed by atoms with van der Waals surface area (Å²) in [6.45, 7) is 5.06. The van der Waals surface area contributed by atoms with E-state index < -0.39 is 0 Å². The summed E-state index contributed by atoms with van der Waals surface area (Å²) in [7, 11) is 0. The molecule has 0 spiro atoms. The maximum absolute atomic E-state index is 12.4. The van der Waals surface area contributed by atoms with Gasteiger partial charge < -0.3 is 15.4 Å². The molecule has 1 fully saturated rings. The van der Waals surface area contributed by atoms with E-state index in [2.05, 4.69) is 11.9 Å². The zero-order chi connectivity index (χ0) is 15.1. The molecule has 2 heterocycles. The standard InChI is InChI=1S/C15H25N3O2S/c1-2-4-14-17-11-13(21-14)15(19)18-8-5-12(6-9-18)20-10-3-7-16/h11-12H,2-10,16H2,1H3. The normalized spacial score (nSPS) is 16.4. The van der Waals surface area contributed by atoms with Gasteiger partial charge in [-0.1, -0.05) is 6.92 Å². The highest BCUT2D eigenvalue weighted by molar-refractivity contribution is 7.13. The van der Waals surface area contributed by atoms with Crippen molar-refractivity contribution >= 4 is 17.2 Å². The van der Waals surface area contributed by atoms with Crippen LogP contribution in [0.5, 0.6) is 0 Å². The van der Waals surface area contributed by atoms with Crippen molar-refractivity contribution in [3.8, 4) is 0 Å². The molecule has 1 aliphatic heterocycles. The molecule has 0 radical (unpaired) electrons. The van der Waals surface area contributed by atoms with E-state index in [1.54, 1.807) is 6.20 Å². The van der Waals surface area contributed by atoms with Crippen molar-refractivity contribution in [1.82, 2.24) is 9.88 Å². The Morgan fingerprint density at radius 2 is 2.29 bits per heavy atom. The number of hydrogen-bond donors (Lipinski definition) is 1. The lowest BCUT2D eigenvalue weighted by Crippen LogP contribution is -2.40. The summed E-state index contributed by atoms with van der Waals surface area (Å²) in [5.74, 6) is 0.121. The number of rotatable bonds is 7. The second kappa shape index (κ2) is 8.46. The number of ether oxygens (including phenoxy) is 1. The van der Waals surface area contributed by atoms with Crippen LogP contribution in [0.15, 0.2) is 6.20 Å². The Bertz CT molecular complexity index is 442. The molecule has 1 aromatic heterocycles. The Morgan fingerprint density at radius 1 is 1.52 bits per heavy atom. The van der Waals surface area contributed by atoms with Crippen LogP contribution in [-0.4, -0.2) is 48.1 Å². The second-order valence-electron chi connectivity index (χ2n) is 5.37. The largest absolute Gasteiger partial charge is 0.378 e. The van der Waals surface area contributed by atoms with E-state index in [1.165, 1.54) is 11.3 Å². The van der Waals surface area contributed by atoms with Crippen molar-refractivity contribution in [3.05, 3.63) is 16.1 Å². The smallest absolute Gasteiger partial charge is 0.265 e. The molecule has 21 heavy (non-hydrogen) atoms. The topological polar surface area (TPSA) is 68.5 Å². The third kappa shape index (κ3) is 4.76. The van der Waals surface area contributed by atoms with Crippen LogP contribution >= 0.6 is 11.3 Å². The monoisotopic (exact) mass is 311 g/mol. The third-order valence-electron chi connectivity index (χ3n) is 3.66. The highest BCUT2D eigenvalue weighted by Crippen LogP contribution is 2.20. The summed E-state index contributed by atoms with van der Waals surface area (Å²) in [5, 5.41) is 1.06. The highest BCUT2D eigenvalue weighted by Gasteiger charge is 2.25. The van der Waals surface area contributed by atoms with E-state index in [0.717, 1.165) is 61.7 Å². The molecule has 0 atom stereocenters. The minimum Gasteiger partial charge on any atom is -0.378 e. The van der Waals surface area contributed by atoms with Gasteiger partial charge in [-0.15, -0.1) is 11.3 Å². The Labute approximate surface area is 130 Å². The molecule has 1 amide bonds. The summed E-state index contributed by atoms with van der Waals surface area (Å²) >= 11 is 1.53. The zero-order valence-corrected chi connectivity index (χ0v) is 13.5. The summed E-state index contributed by atoms with van der Waals surface area (Å²) < 4.78 is 5.77. The third-order valence-corrected chi connectivity index (χ3v) is 4.70. The molecular weight excluding hydrogens is 286 g/mol. The number of aryl methyl sites for hydroxylation is 1. The van der Waals surface area contributed by atoms with Gasteiger partial charge in [-0.3, -0.25) is 4.79 Å². The molecule has 0 aliphatic carbocycles. The number of likely N-dealkylation sites (tertiary alicyclic amines) is 1. The van der Waals surface area contributed by atoms with Gasteiger partial charge in [0.25, 0.3) is 5.91 Å². The molecule has 0 bridgehead atoms. The van der Waals surface area contributed by atoms with E-state index in [9.17, 15) is 4.79 Å². The number of aromatic nitrogens is 1. The first-order valence-corrected chi connectivity index (χ1v) is 8.62. The molecule has 2 N–H and O–H groups in total. The fraction of sp³-hybridized carbons (Fsp3) is 0.733. The van der Waals surface area contributed by atoms with Gasteiger partial charge in [0.1, 0.15) is 4.88 Å². The van der Waals surface area contributed by atoms with Crippen LogP contribution in [0, 0.1) is 0 Å². The Morgan fingerprint density at radius 3 is 2.95 bits per heavy atom. The van der Waals surface area contributed by atoms with E-state index in [1.807, 2.05) is 4.90 Å². The average molecular weight is 311 g/mol. The van der Waals surface area contributed by atoms with Crippen LogP contribution in [0.3, 0.4) is 0 Å². The number of thiazole rings is 1. The quantitative estimate of drug-likeness (QED) is 0.783. The van der Waals surface area contributed by atoms with Crippen LogP contribution < -0.4 is 5.73 Å². The van der Waals surface area contributed by atoms with Gasteiger partial charge in [0.2, 0.25) is 0 Å². The molecule has 1 saturated heterocycles. The summed E-state index contributed by atoms with van der Waals surface area (Å²) in [5.41, 5.74) is 5.46. The van der Waals surface area contributed by atoms with Gasteiger partial charge in [-0.05, 0) is 38.6 Å². The fourth-order valence-electron chi connectivity index (χ4n) is 2.45. The van der Waals surface area contributed by atoms with E-state index in [-0.39, 0.29) is 12.0 Å². The fourth-order valence-corrected chi connectivity index (χ4v) is 3.44. The van der Waals surface area contributed by atoms with Crippen molar-refractivity contribution < 1.29 is 9.53 Å². The molecule has 5 nitrogen and oxygen atoms in total. The molecule has 0 unspecified atom stereocenters. The first kappa shape index (κ1) is 16.4. The van der Waals surface area contributed by atoms with Crippen molar-refractivity contribution in [2.45, 2.75) is 45.1 Å². The molecule has 6 heteroatoms. The molecular formula is C15H25N3O2S. The van der Waals surface area contributed by atoms with Crippen molar-refractivity contribution in [2.75, 3.05) is 26.2 Å². The van der Waals surface area contributed by atoms with Crippen LogP contribution in [-0.2, 0) is 11.2 Å². The van der Waals surface area contributed by atoms with Gasteiger partial charge in [-0.2, -0.15) is 0 Å². The molecule has 0 saturated carbocycles. The van der Waals surface area contributed by atoms with Gasteiger partial charge in [0, 0.05) is 19.7 Å². The Kier molecular flexibility index (Phi) is 6.60. The molecule has 1 aromatic rings. The van der Waals surface area contributed by atoms with Crippen LogP contribution in [0.4, 0.5) is 0 Å². The van der Waals surface area contributed by atoms with Crippen molar-refractivity contribution in [3.63, 3.8) is 0 Å². The van der Waals surface area contributed by atoms with Gasteiger partial charge >= 0.3 is 0 Å². The molecule has 2 rings (SSSR count). The Hall–Kier alpha value is -0.980. The Balaban J connectivity index is 1.79. The summed E-state index contributed by atoms with van der Waals surface area (Å²) in [6.07, 6.45) is 6.75.